The van der Waals surface area contributed by atoms with Crippen LogP contribution in [-0.4, -0.2) is 18.1 Å². The molecule has 0 atom stereocenters. The lowest BCUT2D eigenvalue weighted by Crippen LogP contribution is -2.14. The zero-order valence-corrected chi connectivity index (χ0v) is 12.3. The van der Waals surface area contributed by atoms with Gasteiger partial charge in [-0.2, -0.15) is 0 Å². The van der Waals surface area contributed by atoms with Gasteiger partial charge >= 0.3 is 0 Å². The Kier molecular flexibility index (Phi) is 5.25. The Morgan fingerprint density at radius 2 is 2.16 bits per heavy atom. The Hall–Kier alpha value is -1.03. The van der Waals surface area contributed by atoms with E-state index < -0.39 is 0 Å². The molecule has 1 aromatic heterocycles. The number of benzene rings is 1. The third kappa shape index (κ3) is 3.72. The van der Waals surface area contributed by atoms with Gasteiger partial charge in [-0.05, 0) is 31.6 Å². The number of halogens is 2. The molecule has 5 heteroatoms. The highest BCUT2D eigenvalue weighted by Gasteiger charge is 2.11. The van der Waals surface area contributed by atoms with Crippen LogP contribution in [-0.2, 0) is 6.42 Å². The number of oxazole rings is 1. The van der Waals surface area contributed by atoms with Crippen LogP contribution >= 0.6 is 23.2 Å². The number of nitrogens with zero attached hydrogens (tertiary/aromatic N) is 1. The standard InChI is InChI=1S/C14H16Cl2N2O/c1-2-17-8-4-7-13-18-9-12(19-13)10-5-3-6-11(15)14(10)16/h3,5-6,9,17H,2,4,7-8H2,1H3. The van der Waals surface area contributed by atoms with Gasteiger partial charge in [0.1, 0.15) is 0 Å². The van der Waals surface area contributed by atoms with Gasteiger partial charge in [-0.15, -0.1) is 0 Å². The van der Waals surface area contributed by atoms with Gasteiger partial charge in [-0.1, -0.05) is 36.2 Å². The van der Waals surface area contributed by atoms with Crippen LogP contribution in [0.2, 0.25) is 10.0 Å². The highest BCUT2D eigenvalue weighted by atomic mass is 35.5. The van der Waals surface area contributed by atoms with Gasteiger partial charge in [0.2, 0.25) is 0 Å². The van der Waals surface area contributed by atoms with Crippen molar-refractivity contribution < 1.29 is 4.42 Å². The summed E-state index contributed by atoms with van der Waals surface area (Å²) in [6.07, 6.45) is 3.50. The second-order valence-electron chi connectivity index (χ2n) is 4.18. The van der Waals surface area contributed by atoms with Crippen molar-refractivity contribution in [3.05, 3.63) is 40.3 Å². The SMILES string of the molecule is CCNCCCc1ncc(-c2cccc(Cl)c2Cl)o1. The summed E-state index contributed by atoms with van der Waals surface area (Å²) in [6, 6.07) is 5.47. The topological polar surface area (TPSA) is 38.1 Å². The van der Waals surface area contributed by atoms with E-state index >= 15 is 0 Å². The van der Waals surface area contributed by atoms with E-state index in [-0.39, 0.29) is 0 Å². The molecule has 0 spiro atoms. The van der Waals surface area contributed by atoms with Crippen molar-refractivity contribution in [3.8, 4) is 11.3 Å². The molecule has 0 amide bonds. The number of rotatable bonds is 6. The van der Waals surface area contributed by atoms with Crippen molar-refractivity contribution in [1.82, 2.24) is 10.3 Å². The second kappa shape index (κ2) is 6.94. The first-order chi connectivity index (χ1) is 9.22. The maximum Gasteiger partial charge on any atom is 0.194 e. The van der Waals surface area contributed by atoms with E-state index in [2.05, 4.69) is 17.2 Å². The van der Waals surface area contributed by atoms with E-state index in [1.165, 1.54) is 0 Å². The molecule has 0 aliphatic carbocycles. The lowest BCUT2D eigenvalue weighted by molar-refractivity contribution is 0.493. The smallest absolute Gasteiger partial charge is 0.194 e. The maximum absolute atomic E-state index is 6.15. The Morgan fingerprint density at radius 3 is 2.95 bits per heavy atom. The van der Waals surface area contributed by atoms with E-state index in [1.54, 1.807) is 12.3 Å². The van der Waals surface area contributed by atoms with Crippen molar-refractivity contribution >= 4 is 23.2 Å². The van der Waals surface area contributed by atoms with Gasteiger partial charge in [-0.25, -0.2) is 4.98 Å². The van der Waals surface area contributed by atoms with Crippen LogP contribution in [0.25, 0.3) is 11.3 Å². The molecule has 3 nitrogen and oxygen atoms in total. The fourth-order valence-corrected chi connectivity index (χ4v) is 2.18. The number of hydrogen-bond acceptors (Lipinski definition) is 3. The van der Waals surface area contributed by atoms with Gasteiger partial charge in [-0.3, -0.25) is 0 Å². The van der Waals surface area contributed by atoms with Crippen LogP contribution in [0, 0.1) is 0 Å². The van der Waals surface area contributed by atoms with Gasteiger partial charge in [0.25, 0.3) is 0 Å². The van der Waals surface area contributed by atoms with Crippen LogP contribution in [0.5, 0.6) is 0 Å². The average Bonchev–Trinajstić information content (AvgIpc) is 2.87. The zero-order chi connectivity index (χ0) is 13.7. The normalized spacial score (nSPS) is 10.9. The monoisotopic (exact) mass is 298 g/mol. The van der Waals surface area contributed by atoms with E-state index in [1.807, 2.05) is 12.1 Å². The molecule has 0 saturated carbocycles. The Morgan fingerprint density at radius 1 is 1.32 bits per heavy atom. The van der Waals surface area contributed by atoms with Crippen LogP contribution in [0.4, 0.5) is 0 Å². The molecule has 1 N–H and O–H groups in total. The zero-order valence-electron chi connectivity index (χ0n) is 10.7. The summed E-state index contributed by atoms with van der Waals surface area (Å²) in [7, 11) is 0. The maximum atomic E-state index is 6.15. The minimum Gasteiger partial charge on any atom is -0.441 e. The fourth-order valence-electron chi connectivity index (χ4n) is 1.79. The molecule has 0 saturated heterocycles. The molecule has 2 rings (SSSR count). The Balaban J connectivity index is 2.06. The van der Waals surface area contributed by atoms with Crippen molar-refractivity contribution in [2.24, 2.45) is 0 Å². The average molecular weight is 299 g/mol. The van der Waals surface area contributed by atoms with Crippen molar-refractivity contribution in [1.29, 1.82) is 0 Å². The summed E-state index contributed by atoms with van der Waals surface area (Å²) in [6.45, 7) is 4.03. The first-order valence-corrected chi connectivity index (χ1v) is 7.07. The third-order valence-corrected chi connectivity index (χ3v) is 3.58. The Bertz CT molecular complexity index is 540. The first kappa shape index (κ1) is 14.4. The van der Waals surface area contributed by atoms with E-state index in [0.717, 1.165) is 37.4 Å². The summed E-state index contributed by atoms with van der Waals surface area (Å²) in [5, 5.41) is 4.28. The lowest BCUT2D eigenvalue weighted by atomic mass is 10.2. The predicted molar refractivity (Wildman–Crippen MR) is 78.8 cm³/mol. The summed E-state index contributed by atoms with van der Waals surface area (Å²) in [5.41, 5.74) is 0.777. The molecule has 1 heterocycles. The van der Waals surface area contributed by atoms with Gasteiger partial charge in [0.05, 0.1) is 16.2 Å². The number of aromatic nitrogens is 1. The molecule has 102 valence electrons. The quantitative estimate of drug-likeness (QED) is 0.813. The van der Waals surface area contributed by atoms with Gasteiger partial charge < -0.3 is 9.73 Å². The molecule has 0 aliphatic rings. The minimum absolute atomic E-state index is 0.500. The van der Waals surface area contributed by atoms with Gasteiger partial charge in [0, 0.05) is 12.0 Å². The van der Waals surface area contributed by atoms with E-state index in [4.69, 9.17) is 27.6 Å². The molecule has 0 bridgehead atoms. The molecule has 0 radical (unpaired) electrons. The molecular formula is C14H16Cl2N2O. The molecule has 0 aliphatic heterocycles. The number of hydrogen-bond donors (Lipinski definition) is 1. The van der Waals surface area contributed by atoms with Crippen LogP contribution in [0.1, 0.15) is 19.2 Å². The second-order valence-corrected chi connectivity index (χ2v) is 4.96. The Labute approximate surface area is 122 Å². The van der Waals surface area contributed by atoms with Crippen molar-refractivity contribution in [3.63, 3.8) is 0 Å². The number of aryl methyl sites for hydroxylation is 1. The molecular weight excluding hydrogens is 283 g/mol. The number of nitrogens with one attached hydrogen (secondary N) is 1. The van der Waals surface area contributed by atoms with Gasteiger partial charge in [0.15, 0.2) is 11.7 Å². The summed E-state index contributed by atoms with van der Waals surface area (Å²) in [4.78, 5) is 4.26. The highest BCUT2D eigenvalue weighted by Crippen LogP contribution is 2.33. The summed E-state index contributed by atoms with van der Waals surface area (Å²) < 4.78 is 5.70. The predicted octanol–water partition coefficient (Wildman–Crippen LogP) is 4.19. The molecule has 19 heavy (non-hydrogen) atoms. The van der Waals surface area contributed by atoms with E-state index in [9.17, 15) is 0 Å². The molecule has 0 fully saturated rings. The fraction of sp³-hybridized carbons (Fsp3) is 0.357. The first-order valence-electron chi connectivity index (χ1n) is 6.32. The molecule has 1 aromatic carbocycles. The summed E-state index contributed by atoms with van der Waals surface area (Å²) >= 11 is 12.1. The largest absolute Gasteiger partial charge is 0.441 e. The molecule has 0 unspecified atom stereocenters. The summed E-state index contributed by atoms with van der Waals surface area (Å²) in [5.74, 6) is 1.38. The third-order valence-electron chi connectivity index (χ3n) is 2.76. The molecule has 2 aromatic rings. The van der Waals surface area contributed by atoms with Crippen LogP contribution in [0.15, 0.2) is 28.8 Å². The van der Waals surface area contributed by atoms with Crippen molar-refractivity contribution in [2.45, 2.75) is 19.8 Å². The van der Waals surface area contributed by atoms with Crippen LogP contribution < -0.4 is 5.32 Å². The lowest BCUT2D eigenvalue weighted by Gasteiger charge is -2.01. The minimum atomic E-state index is 0.500. The van der Waals surface area contributed by atoms with E-state index in [0.29, 0.717) is 15.8 Å². The highest BCUT2D eigenvalue weighted by molar-refractivity contribution is 6.43. The van der Waals surface area contributed by atoms with Crippen LogP contribution in [0.3, 0.4) is 0 Å². The van der Waals surface area contributed by atoms with Crippen molar-refractivity contribution in [2.75, 3.05) is 13.1 Å².